The molecule has 3 aromatic rings. The Morgan fingerprint density at radius 2 is 1.88 bits per heavy atom. The van der Waals surface area contributed by atoms with Gasteiger partial charge >= 0.3 is 0 Å². The van der Waals surface area contributed by atoms with Gasteiger partial charge in [-0.05, 0) is 36.4 Å². The van der Waals surface area contributed by atoms with Crippen LogP contribution in [0.25, 0.3) is 11.3 Å². The van der Waals surface area contributed by atoms with E-state index in [4.69, 9.17) is 11.6 Å². The molecule has 0 aliphatic carbocycles. The van der Waals surface area contributed by atoms with Gasteiger partial charge in [-0.1, -0.05) is 51.4 Å². The number of hydrogen-bond acceptors (Lipinski definition) is 4. The van der Waals surface area contributed by atoms with Gasteiger partial charge in [-0.25, -0.2) is 4.98 Å². The van der Waals surface area contributed by atoms with E-state index in [0.29, 0.717) is 17.2 Å². The number of hydrogen-bond donors (Lipinski definition) is 1. The number of amides is 1. The van der Waals surface area contributed by atoms with Gasteiger partial charge in [0.1, 0.15) is 0 Å². The van der Waals surface area contributed by atoms with Crippen molar-refractivity contribution in [2.24, 2.45) is 0 Å². The number of nitrogens with one attached hydrogen (secondary N) is 1. The third-order valence-corrected chi connectivity index (χ3v) is 6.11. The summed E-state index contributed by atoms with van der Waals surface area (Å²) < 4.78 is 1.95. The number of carbonyl (C=O) groups excluding carboxylic acids is 1. The molecule has 3 rings (SSSR count). The molecule has 3 nitrogen and oxygen atoms in total. The Kier molecular flexibility index (Phi) is 6.53. The van der Waals surface area contributed by atoms with Crippen molar-refractivity contribution in [3.05, 3.63) is 63.4 Å². The Balaban J connectivity index is 1.48. The number of anilines is 1. The van der Waals surface area contributed by atoms with E-state index >= 15 is 0 Å². The second-order valence-corrected chi connectivity index (χ2v) is 8.71. The zero-order valence-electron chi connectivity index (χ0n) is 13.0. The summed E-state index contributed by atoms with van der Waals surface area (Å²) in [5.41, 5.74) is 2.78. The standard InChI is InChI=1S/C18H14BrClN2OS2/c19-13-3-7-15(8-4-13)21-17(23)9-10-24-18-22-16(11-25-18)12-1-5-14(20)6-2-12/h1-8,11H,9-10H2,(H,21,23). The molecule has 0 saturated heterocycles. The summed E-state index contributed by atoms with van der Waals surface area (Å²) in [7, 11) is 0. The van der Waals surface area contributed by atoms with Crippen molar-refractivity contribution in [3.63, 3.8) is 0 Å². The van der Waals surface area contributed by atoms with Gasteiger partial charge in [-0.3, -0.25) is 4.79 Å². The summed E-state index contributed by atoms with van der Waals surface area (Å²) in [5, 5.41) is 5.62. The molecule has 1 aromatic heterocycles. The van der Waals surface area contributed by atoms with Crippen molar-refractivity contribution < 1.29 is 4.79 Å². The summed E-state index contributed by atoms with van der Waals surface area (Å²) in [6, 6.07) is 15.2. The topological polar surface area (TPSA) is 42.0 Å². The van der Waals surface area contributed by atoms with Gasteiger partial charge in [0.05, 0.1) is 5.69 Å². The minimum Gasteiger partial charge on any atom is -0.326 e. The maximum absolute atomic E-state index is 12.0. The van der Waals surface area contributed by atoms with E-state index in [2.05, 4.69) is 26.2 Å². The van der Waals surface area contributed by atoms with Crippen molar-refractivity contribution in [1.29, 1.82) is 0 Å². The first-order valence-corrected chi connectivity index (χ1v) is 10.5. The summed E-state index contributed by atoms with van der Waals surface area (Å²) in [5.74, 6) is 0.694. The summed E-state index contributed by atoms with van der Waals surface area (Å²) in [6.07, 6.45) is 0.441. The molecule has 0 bridgehead atoms. The fourth-order valence-corrected chi connectivity index (χ4v) is 4.30. The first kappa shape index (κ1) is 18.5. The van der Waals surface area contributed by atoms with E-state index in [1.807, 2.05) is 53.9 Å². The van der Waals surface area contributed by atoms with Gasteiger partial charge in [0, 0.05) is 38.3 Å². The van der Waals surface area contributed by atoms with Crippen LogP contribution in [0, 0.1) is 0 Å². The Morgan fingerprint density at radius 1 is 1.16 bits per heavy atom. The molecule has 1 heterocycles. The molecule has 0 saturated carbocycles. The minimum atomic E-state index is 0.00398. The lowest BCUT2D eigenvalue weighted by atomic mass is 10.2. The predicted molar refractivity (Wildman–Crippen MR) is 111 cm³/mol. The Bertz CT molecular complexity index is 850. The number of thioether (sulfide) groups is 1. The zero-order chi connectivity index (χ0) is 17.6. The summed E-state index contributed by atoms with van der Waals surface area (Å²) in [4.78, 5) is 16.6. The highest BCUT2D eigenvalue weighted by atomic mass is 79.9. The lowest BCUT2D eigenvalue weighted by Gasteiger charge is -2.04. The first-order chi connectivity index (χ1) is 12.1. The molecule has 0 fully saturated rings. The normalized spacial score (nSPS) is 10.6. The molecule has 0 radical (unpaired) electrons. The van der Waals surface area contributed by atoms with Gasteiger partial charge in [0.25, 0.3) is 0 Å². The monoisotopic (exact) mass is 452 g/mol. The molecule has 0 aliphatic rings. The fraction of sp³-hybridized carbons (Fsp3) is 0.111. The van der Waals surface area contributed by atoms with Crippen LogP contribution in [0.5, 0.6) is 0 Å². The molecule has 1 amide bonds. The Morgan fingerprint density at radius 3 is 2.60 bits per heavy atom. The third-order valence-electron chi connectivity index (χ3n) is 3.31. The third kappa shape index (κ3) is 5.57. The van der Waals surface area contributed by atoms with Crippen LogP contribution in [0.2, 0.25) is 5.02 Å². The molecule has 0 aliphatic heterocycles. The van der Waals surface area contributed by atoms with E-state index in [1.54, 1.807) is 23.1 Å². The average molecular weight is 454 g/mol. The molecule has 0 atom stereocenters. The van der Waals surface area contributed by atoms with Crippen LogP contribution in [-0.2, 0) is 4.79 Å². The number of thiazole rings is 1. The van der Waals surface area contributed by atoms with Gasteiger partial charge in [-0.15, -0.1) is 11.3 Å². The molecule has 7 heteroatoms. The van der Waals surface area contributed by atoms with Crippen LogP contribution in [0.15, 0.2) is 62.7 Å². The van der Waals surface area contributed by atoms with E-state index in [1.165, 1.54) is 0 Å². The second-order valence-electron chi connectivity index (χ2n) is 5.16. The summed E-state index contributed by atoms with van der Waals surface area (Å²) >= 11 is 12.5. The van der Waals surface area contributed by atoms with E-state index in [9.17, 15) is 4.79 Å². The van der Waals surface area contributed by atoms with Crippen molar-refractivity contribution in [3.8, 4) is 11.3 Å². The largest absolute Gasteiger partial charge is 0.326 e. The number of nitrogens with zero attached hydrogens (tertiary/aromatic N) is 1. The SMILES string of the molecule is O=C(CCSc1nc(-c2ccc(Cl)cc2)cs1)Nc1ccc(Br)cc1. The summed E-state index contributed by atoms with van der Waals surface area (Å²) in [6.45, 7) is 0. The lowest BCUT2D eigenvalue weighted by molar-refractivity contribution is -0.115. The van der Waals surface area contributed by atoms with E-state index < -0.39 is 0 Å². The Labute approximate surface area is 168 Å². The van der Waals surface area contributed by atoms with Gasteiger partial charge in [-0.2, -0.15) is 0 Å². The second kappa shape index (κ2) is 8.85. The molecule has 0 spiro atoms. The van der Waals surface area contributed by atoms with Crippen molar-refractivity contribution >= 4 is 62.2 Å². The van der Waals surface area contributed by atoms with Crippen LogP contribution in [-0.4, -0.2) is 16.6 Å². The van der Waals surface area contributed by atoms with Crippen molar-refractivity contribution in [1.82, 2.24) is 4.98 Å². The highest BCUT2D eigenvalue weighted by molar-refractivity contribution is 9.10. The number of aromatic nitrogens is 1. The molecular formula is C18H14BrClN2OS2. The van der Waals surface area contributed by atoms with Crippen LogP contribution >= 0.6 is 50.6 Å². The van der Waals surface area contributed by atoms with Gasteiger partial charge < -0.3 is 5.32 Å². The molecule has 128 valence electrons. The zero-order valence-corrected chi connectivity index (χ0v) is 17.0. The quantitative estimate of drug-likeness (QED) is 0.442. The molecule has 1 N–H and O–H groups in total. The van der Waals surface area contributed by atoms with Gasteiger partial charge in [0.2, 0.25) is 5.91 Å². The lowest BCUT2D eigenvalue weighted by Crippen LogP contribution is -2.11. The average Bonchev–Trinajstić information content (AvgIpc) is 3.06. The first-order valence-electron chi connectivity index (χ1n) is 7.50. The van der Waals surface area contributed by atoms with Crippen LogP contribution in [0.1, 0.15) is 6.42 Å². The fourth-order valence-electron chi connectivity index (χ4n) is 2.06. The van der Waals surface area contributed by atoms with Crippen molar-refractivity contribution in [2.75, 3.05) is 11.1 Å². The smallest absolute Gasteiger partial charge is 0.225 e. The highest BCUT2D eigenvalue weighted by Crippen LogP contribution is 2.29. The maximum atomic E-state index is 12.0. The number of benzene rings is 2. The van der Waals surface area contributed by atoms with Crippen LogP contribution in [0.3, 0.4) is 0 Å². The number of halogens is 2. The molecule has 2 aromatic carbocycles. The highest BCUT2D eigenvalue weighted by Gasteiger charge is 2.07. The van der Waals surface area contributed by atoms with E-state index in [-0.39, 0.29) is 5.91 Å². The maximum Gasteiger partial charge on any atom is 0.225 e. The van der Waals surface area contributed by atoms with Crippen LogP contribution < -0.4 is 5.32 Å². The van der Waals surface area contributed by atoms with Gasteiger partial charge in [0.15, 0.2) is 4.34 Å². The number of carbonyl (C=O) groups is 1. The molecule has 0 unspecified atom stereocenters. The van der Waals surface area contributed by atoms with E-state index in [0.717, 1.165) is 25.8 Å². The van der Waals surface area contributed by atoms with Crippen molar-refractivity contribution in [2.45, 2.75) is 10.8 Å². The number of rotatable bonds is 6. The van der Waals surface area contributed by atoms with Crippen LogP contribution in [0.4, 0.5) is 5.69 Å². The predicted octanol–water partition coefficient (Wildman–Crippen LogP) is 6.35. The Hall–Kier alpha value is -1.34. The molecular weight excluding hydrogens is 440 g/mol. The molecule has 25 heavy (non-hydrogen) atoms. The minimum absolute atomic E-state index is 0.00398.